The molecule has 0 aliphatic carbocycles. The lowest BCUT2D eigenvalue weighted by Gasteiger charge is -2.15. The first-order valence-corrected chi connectivity index (χ1v) is 10.8. The van der Waals surface area contributed by atoms with Crippen molar-refractivity contribution in [2.75, 3.05) is 19.5 Å². The Bertz CT molecular complexity index is 434. The Balaban J connectivity index is 2.62. The topological polar surface area (TPSA) is 61.3 Å². The zero-order valence-corrected chi connectivity index (χ0v) is 13.9. The molecule has 5 nitrogen and oxygen atoms in total. The van der Waals surface area contributed by atoms with E-state index in [1.807, 2.05) is 6.92 Å². The molecular weight excluding hydrogens is 303 g/mol. The van der Waals surface area contributed by atoms with Gasteiger partial charge in [-0.3, -0.25) is 4.57 Å². The van der Waals surface area contributed by atoms with Crippen LogP contribution < -0.4 is 4.74 Å². The van der Waals surface area contributed by atoms with Crippen molar-refractivity contribution in [1.82, 2.24) is 9.97 Å². The standard InChI is InChI=1S/C11H19N2O3PS2/c1-4-6-18-17(14,16-5-2)19-8-10-7-11(15-3)13-9-12-10/h7,9H,4-6,8H2,1-3H3. The fourth-order valence-electron chi connectivity index (χ4n) is 1.19. The number of methoxy groups -OCH3 is 1. The van der Waals surface area contributed by atoms with Crippen LogP contribution in [0.5, 0.6) is 5.88 Å². The predicted octanol–water partition coefficient (Wildman–Crippen LogP) is 4.01. The van der Waals surface area contributed by atoms with Crippen molar-refractivity contribution < 1.29 is 13.8 Å². The summed E-state index contributed by atoms with van der Waals surface area (Å²) in [6, 6.07) is 1.74. The third-order valence-corrected chi connectivity index (χ3v) is 9.60. The van der Waals surface area contributed by atoms with Crippen LogP contribution in [0.25, 0.3) is 0 Å². The van der Waals surface area contributed by atoms with E-state index in [4.69, 9.17) is 9.26 Å². The highest BCUT2D eigenvalue weighted by atomic mass is 33.1. The summed E-state index contributed by atoms with van der Waals surface area (Å²) in [5.74, 6) is -0.829. The summed E-state index contributed by atoms with van der Waals surface area (Å²) >= 11 is 2.71. The third-order valence-electron chi connectivity index (χ3n) is 2.02. The summed E-state index contributed by atoms with van der Waals surface area (Å²) in [6.07, 6.45) is 2.42. The lowest BCUT2D eigenvalue weighted by Crippen LogP contribution is -1.93. The number of aromatic nitrogens is 2. The van der Waals surface area contributed by atoms with Crippen LogP contribution in [0.15, 0.2) is 12.4 Å². The van der Waals surface area contributed by atoms with Crippen molar-refractivity contribution in [2.45, 2.75) is 26.0 Å². The monoisotopic (exact) mass is 322 g/mol. The molecule has 0 saturated carbocycles. The fraction of sp³-hybridized carbons (Fsp3) is 0.636. The summed E-state index contributed by atoms with van der Waals surface area (Å²) in [4.78, 5) is 8.07. The van der Waals surface area contributed by atoms with Crippen LogP contribution in [0.4, 0.5) is 0 Å². The Morgan fingerprint density at radius 3 is 2.74 bits per heavy atom. The van der Waals surface area contributed by atoms with Crippen molar-refractivity contribution in [3.8, 4) is 5.88 Å². The molecule has 0 saturated heterocycles. The van der Waals surface area contributed by atoms with Gasteiger partial charge >= 0.3 is 5.77 Å². The minimum atomic E-state index is -2.69. The Morgan fingerprint density at radius 2 is 2.11 bits per heavy atom. The van der Waals surface area contributed by atoms with Gasteiger partial charge in [-0.2, -0.15) is 0 Å². The van der Waals surface area contributed by atoms with Crippen LogP contribution in [0.2, 0.25) is 0 Å². The van der Waals surface area contributed by atoms with Crippen LogP contribution in [0, 0.1) is 0 Å². The number of ether oxygens (including phenoxy) is 1. The van der Waals surface area contributed by atoms with E-state index in [2.05, 4.69) is 16.9 Å². The van der Waals surface area contributed by atoms with Crippen LogP contribution in [0.1, 0.15) is 26.0 Å². The van der Waals surface area contributed by atoms with Crippen LogP contribution in [0.3, 0.4) is 0 Å². The first-order chi connectivity index (χ1) is 9.13. The number of hydrogen-bond acceptors (Lipinski definition) is 7. The second kappa shape index (κ2) is 8.84. The van der Waals surface area contributed by atoms with Gasteiger partial charge in [0.25, 0.3) is 0 Å². The van der Waals surface area contributed by atoms with Gasteiger partial charge in [0.05, 0.1) is 19.4 Å². The van der Waals surface area contributed by atoms with Gasteiger partial charge in [-0.25, -0.2) is 9.97 Å². The van der Waals surface area contributed by atoms with Gasteiger partial charge in [0.15, 0.2) is 0 Å². The first kappa shape index (κ1) is 16.8. The van der Waals surface area contributed by atoms with E-state index in [1.54, 1.807) is 13.2 Å². The minimum absolute atomic E-state index is 0.452. The van der Waals surface area contributed by atoms with Gasteiger partial charge < -0.3 is 9.26 Å². The largest absolute Gasteiger partial charge is 0.481 e. The van der Waals surface area contributed by atoms with E-state index in [0.717, 1.165) is 17.9 Å². The van der Waals surface area contributed by atoms with Crippen molar-refractivity contribution >= 4 is 28.5 Å². The molecule has 8 heteroatoms. The summed E-state index contributed by atoms with van der Waals surface area (Å²) in [5.41, 5.74) is 0.786. The molecule has 0 amide bonds. The molecule has 0 bridgehead atoms. The second-order valence-corrected chi connectivity index (χ2v) is 11.0. The average Bonchev–Trinajstić information content (AvgIpc) is 2.44. The maximum absolute atomic E-state index is 12.5. The minimum Gasteiger partial charge on any atom is -0.481 e. The smallest absolute Gasteiger partial charge is 0.313 e. The van der Waals surface area contributed by atoms with Gasteiger partial charge in [0.1, 0.15) is 6.33 Å². The zero-order valence-electron chi connectivity index (χ0n) is 11.4. The van der Waals surface area contributed by atoms with E-state index in [9.17, 15) is 4.57 Å². The Kier molecular flexibility index (Phi) is 7.83. The van der Waals surface area contributed by atoms with Crippen LogP contribution in [-0.2, 0) is 14.8 Å². The van der Waals surface area contributed by atoms with Crippen LogP contribution in [-0.4, -0.2) is 29.4 Å². The van der Waals surface area contributed by atoms with Gasteiger partial charge in [-0.05, 0) is 13.3 Å². The molecule has 0 aliphatic heterocycles. The highest BCUT2D eigenvalue weighted by molar-refractivity contribution is 8.89. The fourth-order valence-corrected chi connectivity index (χ4v) is 7.79. The van der Waals surface area contributed by atoms with Gasteiger partial charge in [-0.1, -0.05) is 29.7 Å². The molecule has 19 heavy (non-hydrogen) atoms. The maximum atomic E-state index is 12.5. The predicted molar refractivity (Wildman–Crippen MR) is 81.9 cm³/mol. The molecule has 0 radical (unpaired) electrons. The molecular formula is C11H19N2O3PS2. The second-order valence-electron chi connectivity index (χ2n) is 3.52. The molecule has 1 heterocycles. The van der Waals surface area contributed by atoms with Gasteiger partial charge in [-0.15, -0.1) is 0 Å². The third kappa shape index (κ3) is 6.17. The van der Waals surface area contributed by atoms with E-state index >= 15 is 0 Å². The zero-order chi connectivity index (χ0) is 14.1. The number of hydrogen-bond donors (Lipinski definition) is 0. The van der Waals surface area contributed by atoms with Crippen molar-refractivity contribution in [1.29, 1.82) is 0 Å². The Hall–Kier alpha value is -0.230. The number of nitrogens with zero attached hydrogens (tertiary/aromatic N) is 2. The summed E-state index contributed by atoms with van der Waals surface area (Å²) in [7, 11) is 1.56. The highest BCUT2D eigenvalue weighted by Gasteiger charge is 2.24. The summed E-state index contributed by atoms with van der Waals surface area (Å²) in [5, 5.41) is 0. The molecule has 1 aromatic heterocycles. The molecule has 0 N–H and O–H groups in total. The van der Waals surface area contributed by atoms with Crippen molar-refractivity contribution in [2.24, 2.45) is 0 Å². The molecule has 0 spiro atoms. The lowest BCUT2D eigenvalue weighted by atomic mass is 10.4. The maximum Gasteiger partial charge on any atom is 0.313 e. The van der Waals surface area contributed by atoms with Crippen molar-refractivity contribution in [3.05, 3.63) is 18.1 Å². The van der Waals surface area contributed by atoms with Crippen LogP contribution >= 0.6 is 28.5 Å². The molecule has 1 rings (SSSR count). The molecule has 108 valence electrons. The molecule has 0 fully saturated rings. The van der Waals surface area contributed by atoms with Gasteiger partial charge in [0.2, 0.25) is 5.88 Å². The SMILES string of the molecule is CCCSP(=O)(OCC)SCc1cc(OC)ncn1. The molecule has 1 atom stereocenters. The van der Waals surface area contributed by atoms with Gasteiger partial charge in [0, 0.05) is 17.6 Å². The van der Waals surface area contributed by atoms with E-state index in [-0.39, 0.29) is 0 Å². The quantitative estimate of drug-likeness (QED) is 0.637. The average molecular weight is 322 g/mol. The molecule has 1 aromatic rings. The van der Waals surface area contributed by atoms with E-state index in [0.29, 0.717) is 18.2 Å². The molecule has 0 aliphatic rings. The molecule has 1 unspecified atom stereocenters. The van der Waals surface area contributed by atoms with E-state index < -0.39 is 5.77 Å². The summed E-state index contributed by atoms with van der Waals surface area (Å²) in [6.45, 7) is 4.37. The highest BCUT2D eigenvalue weighted by Crippen LogP contribution is 2.70. The Labute approximate surface area is 122 Å². The summed E-state index contributed by atoms with van der Waals surface area (Å²) < 4.78 is 23.0. The first-order valence-electron chi connectivity index (χ1n) is 6.02. The van der Waals surface area contributed by atoms with Crippen molar-refractivity contribution in [3.63, 3.8) is 0 Å². The molecule has 0 aromatic carbocycles. The number of rotatable bonds is 9. The van der Waals surface area contributed by atoms with E-state index in [1.165, 1.54) is 29.1 Å². The lowest BCUT2D eigenvalue weighted by molar-refractivity contribution is 0.357. The Morgan fingerprint density at radius 1 is 1.32 bits per heavy atom. The normalized spacial score (nSPS) is 14.1.